The Hall–Kier alpha value is -0.480. The second-order valence-corrected chi connectivity index (χ2v) is 4.17. The molecule has 1 aliphatic rings. The smallest absolute Gasteiger partial charge is 0.132 e. The number of aromatic nitrogens is 2. The van der Waals surface area contributed by atoms with Gasteiger partial charge in [0, 0.05) is 18.0 Å². The Morgan fingerprint density at radius 2 is 2.23 bits per heavy atom. The van der Waals surface area contributed by atoms with Gasteiger partial charge < -0.3 is 5.73 Å². The Morgan fingerprint density at radius 1 is 1.46 bits per heavy atom. The molecule has 70 valence electrons. The van der Waals surface area contributed by atoms with Crippen LogP contribution in [0.25, 0.3) is 0 Å². The van der Waals surface area contributed by atoms with Crippen LogP contribution in [0.15, 0.2) is 10.7 Å². The fraction of sp³-hybridized carbons (Fsp3) is 0.556. The lowest BCUT2D eigenvalue weighted by Gasteiger charge is -2.02. The normalized spacial score (nSPS) is 16.2. The monoisotopic (exact) mass is 241 g/mol. The predicted octanol–water partition coefficient (Wildman–Crippen LogP) is 1.62. The van der Waals surface area contributed by atoms with Gasteiger partial charge >= 0.3 is 0 Å². The third kappa shape index (κ3) is 2.25. The van der Waals surface area contributed by atoms with E-state index in [9.17, 15) is 0 Å². The number of rotatable bonds is 3. The van der Waals surface area contributed by atoms with E-state index in [0.717, 1.165) is 22.5 Å². The first-order valence-corrected chi connectivity index (χ1v) is 5.32. The fourth-order valence-corrected chi connectivity index (χ4v) is 1.73. The van der Waals surface area contributed by atoms with E-state index >= 15 is 0 Å². The average Bonchev–Trinajstić information content (AvgIpc) is 2.85. The van der Waals surface area contributed by atoms with Gasteiger partial charge in [0.2, 0.25) is 0 Å². The summed E-state index contributed by atoms with van der Waals surface area (Å²) in [5.74, 6) is 1.59. The molecule has 0 aliphatic heterocycles. The molecule has 4 heteroatoms. The van der Waals surface area contributed by atoms with Crippen LogP contribution < -0.4 is 5.73 Å². The van der Waals surface area contributed by atoms with E-state index in [1.54, 1.807) is 0 Å². The first kappa shape index (κ1) is 9.09. The van der Waals surface area contributed by atoms with Crippen molar-refractivity contribution in [1.29, 1.82) is 0 Å². The number of hydrogen-bond donors (Lipinski definition) is 1. The van der Waals surface area contributed by atoms with Crippen molar-refractivity contribution in [3.63, 3.8) is 0 Å². The van der Waals surface area contributed by atoms with E-state index < -0.39 is 0 Å². The zero-order valence-corrected chi connectivity index (χ0v) is 8.92. The summed E-state index contributed by atoms with van der Waals surface area (Å²) < 4.78 is 0.882. The Labute approximate surface area is 85.9 Å². The zero-order valence-electron chi connectivity index (χ0n) is 7.33. The van der Waals surface area contributed by atoms with Crippen LogP contribution in [0, 0.1) is 0 Å². The van der Waals surface area contributed by atoms with Crippen molar-refractivity contribution < 1.29 is 0 Å². The van der Waals surface area contributed by atoms with Gasteiger partial charge in [0.15, 0.2) is 0 Å². The predicted molar refractivity (Wildman–Crippen MR) is 54.5 cm³/mol. The molecule has 1 aliphatic carbocycles. The second kappa shape index (κ2) is 3.72. The minimum atomic E-state index is 0.606. The number of nitrogens with zero attached hydrogens (tertiary/aromatic N) is 2. The van der Waals surface area contributed by atoms with Crippen molar-refractivity contribution in [2.24, 2.45) is 5.73 Å². The summed E-state index contributed by atoms with van der Waals surface area (Å²) >= 11 is 3.39. The van der Waals surface area contributed by atoms with Crippen molar-refractivity contribution in [2.75, 3.05) is 6.54 Å². The van der Waals surface area contributed by atoms with Crippen molar-refractivity contribution in [1.82, 2.24) is 9.97 Å². The van der Waals surface area contributed by atoms with Crippen molar-refractivity contribution in [2.45, 2.75) is 25.2 Å². The SMILES string of the molecule is NCCc1cc(Br)nc(C2CC2)n1. The highest BCUT2D eigenvalue weighted by Crippen LogP contribution is 2.38. The van der Waals surface area contributed by atoms with Gasteiger partial charge in [-0.25, -0.2) is 9.97 Å². The van der Waals surface area contributed by atoms with Crippen molar-refractivity contribution in [3.05, 3.63) is 22.2 Å². The Bertz CT molecular complexity index is 310. The highest BCUT2D eigenvalue weighted by Gasteiger charge is 2.26. The molecular formula is C9H12BrN3. The van der Waals surface area contributed by atoms with E-state index in [0.29, 0.717) is 12.5 Å². The van der Waals surface area contributed by atoms with Crippen LogP contribution in [0.4, 0.5) is 0 Å². The maximum absolute atomic E-state index is 5.48. The summed E-state index contributed by atoms with van der Waals surface area (Å²) in [7, 11) is 0. The molecule has 0 saturated heterocycles. The maximum atomic E-state index is 5.48. The Balaban J connectivity index is 2.25. The molecule has 0 radical (unpaired) electrons. The lowest BCUT2D eigenvalue weighted by molar-refractivity contribution is 0.841. The van der Waals surface area contributed by atoms with Crippen LogP contribution in [-0.2, 0) is 6.42 Å². The lowest BCUT2D eigenvalue weighted by Crippen LogP contribution is -2.06. The highest BCUT2D eigenvalue weighted by atomic mass is 79.9. The quantitative estimate of drug-likeness (QED) is 0.819. The van der Waals surface area contributed by atoms with E-state index in [1.807, 2.05) is 6.07 Å². The van der Waals surface area contributed by atoms with Gasteiger partial charge in [-0.1, -0.05) is 0 Å². The Kier molecular flexibility index (Phi) is 2.60. The highest BCUT2D eigenvalue weighted by molar-refractivity contribution is 9.10. The van der Waals surface area contributed by atoms with Gasteiger partial charge in [-0.05, 0) is 41.4 Å². The fourth-order valence-electron chi connectivity index (χ4n) is 1.28. The molecule has 1 heterocycles. The van der Waals surface area contributed by atoms with E-state index in [-0.39, 0.29) is 0 Å². The van der Waals surface area contributed by atoms with Crippen LogP contribution in [-0.4, -0.2) is 16.5 Å². The molecule has 2 rings (SSSR count). The average molecular weight is 242 g/mol. The third-order valence-electron chi connectivity index (χ3n) is 2.11. The summed E-state index contributed by atoms with van der Waals surface area (Å²) in [5, 5.41) is 0. The number of hydrogen-bond acceptors (Lipinski definition) is 3. The van der Waals surface area contributed by atoms with Crippen LogP contribution in [0.2, 0.25) is 0 Å². The van der Waals surface area contributed by atoms with Crippen molar-refractivity contribution in [3.8, 4) is 0 Å². The minimum absolute atomic E-state index is 0.606. The molecule has 1 saturated carbocycles. The van der Waals surface area contributed by atoms with E-state index in [1.165, 1.54) is 12.8 Å². The first-order chi connectivity index (χ1) is 6.29. The lowest BCUT2D eigenvalue weighted by atomic mass is 10.3. The van der Waals surface area contributed by atoms with Gasteiger partial charge in [0.1, 0.15) is 10.4 Å². The summed E-state index contributed by atoms with van der Waals surface area (Å²) in [6, 6.07) is 1.94. The van der Waals surface area contributed by atoms with Gasteiger partial charge in [0.25, 0.3) is 0 Å². The largest absolute Gasteiger partial charge is 0.330 e. The summed E-state index contributed by atoms with van der Waals surface area (Å²) in [6.45, 7) is 0.646. The zero-order chi connectivity index (χ0) is 9.26. The standard InChI is InChI=1S/C9H12BrN3/c10-8-5-7(3-4-11)12-9(13-8)6-1-2-6/h5-6H,1-4,11H2. The van der Waals surface area contributed by atoms with E-state index in [4.69, 9.17) is 5.73 Å². The molecule has 0 unspecified atom stereocenters. The van der Waals surface area contributed by atoms with E-state index in [2.05, 4.69) is 25.9 Å². The first-order valence-electron chi connectivity index (χ1n) is 4.53. The number of nitrogens with two attached hydrogens (primary N) is 1. The Morgan fingerprint density at radius 3 is 2.85 bits per heavy atom. The molecule has 13 heavy (non-hydrogen) atoms. The maximum Gasteiger partial charge on any atom is 0.132 e. The molecule has 0 spiro atoms. The van der Waals surface area contributed by atoms with Gasteiger partial charge in [-0.15, -0.1) is 0 Å². The molecule has 1 fully saturated rings. The number of halogens is 1. The van der Waals surface area contributed by atoms with Gasteiger partial charge in [-0.3, -0.25) is 0 Å². The topological polar surface area (TPSA) is 51.8 Å². The molecule has 0 aromatic carbocycles. The van der Waals surface area contributed by atoms with Crippen molar-refractivity contribution >= 4 is 15.9 Å². The molecule has 0 bridgehead atoms. The molecule has 2 N–H and O–H groups in total. The van der Waals surface area contributed by atoms with Crippen LogP contribution in [0.1, 0.15) is 30.3 Å². The van der Waals surface area contributed by atoms with Crippen LogP contribution >= 0.6 is 15.9 Å². The van der Waals surface area contributed by atoms with Gasteiger partial charge in [-0.2, -0.15) is 0 Å². The minimum Gasteiger partial charge on any atom is -0.330 e. The summed E-state index contributed by atoms with van der Waals surface area (Å²) in [4.78, 5) is 8.81. The van der Waals surface area contributed by atoms with Crippen LogP contribution in [0.3, 0.4) is 0 Å². The molecule has 1 aromatic heterocycles. The second-order valence-electron chi connectivity index (χ2n) is 3.35. The molecule has 1 aromatic rings. The van der Waals surface area contributed by atoms with Gasteiger partial charge in [0.05, 0.1) is 0 Å². The summed E-state index contributed by atoms with van der Waals surface area (Å²) in [6.07, 6.45) is 3.30. The molecule has 0 amide bonds. The molecular weight excluding hydrogens is 230 g/mol. The summed E-state index contributed by atoms with van der Waals surface area (Å²) in [5.41, 5.74) is 6.52. The molecule has 0 atom stereocenters. The molecule has 3 nitrogen and oxygen atoms in total. The third-order valence-corrected chi connectivity index (χ3v) is 2.51. The van der Waals surface area contributed by atoms with Crippen LogP contribution in [0.5, 0.6) is 0 Å².